The average Bonchev–Trinajstić information content (AvgIpc) is 2.78. The molecule has 3 N–H and O–H groups in total. The average molecular weight is 354 g/mol. The van der Waals surface area contributed by atoms with Crippen LogP contribution in [-0.4, -0.2) is 26.1 Å². The highest BCUT2D eigenvalue weighted by Gasteiger charge is 2.37. The van der Waals surface area contributed by atoms with Crippen molar-refractivity contribution in [2.75, 3.05) is 5.73 Å². The molecule has 0 radical (unpaired) electrons. The van der Waals surface area contributed by atoms with E-state index in [2.05, 4.69) is 10.3 Å². The summed E-state index contributed by atoms with van der Waals surface area (Å²) < 4.78 is 77.3. The first-order chi connectivity index (χ1) is 10.9. The van der Waals surface area contributed by atoms with Gasteiger partial charge in [0.2, 0.25) is 5.69 Å². The van der Waals surface area contributed by atoms with Gasteiger partial charge in [0.05, 0.1) is 17.7 Å². The van der Waals surface area contributed by atoms with E-state index in [4.69, 9.17) is 10.8 Å². The van der Waals surface area contributed by atoms with Crippen LogP contribution in [0.3, 0.4) is 0 Å². The van der Waals surface area contributed by atoms with Gasteiger partial charge in [0, 0.05) is 0 Å². The summed E-state index contributed by atoms with van der Waals surface area (Å²) in [5.74, 6) is -2.02. The van der Waals surface area contributed by atoms with Gasteiger partial charge in [0.15, 0.2) is 5.82 Å². The third-order valence-electron chi connectivity index (χ3n) is 2.96. The van der Waals surface area contributed by atoms with E-state index in [0.717, 1.165) is 0 Å². The number of anilines is 1. The zero-order valence-electron chi connectivity index (χ0n) is 11.5. The molecule has 1 heterocycles. The number of alkyl halides is 6. The van der Waals surface area contributed by atoms with Gasteiger partial charge in [0.25, 0.3) is 0 Å². The van der Waals surface area contributed by atoms with Crippen LogP contribution in [0.15, 0.2) is 18.2 Å². The van der Waals surface area contributed by atoms with Crippen molar-refractivity contribution in [1.82, 2.24) is 15.0 Å². The minimum absolute atomic E-state index is 0.0170. The van der Waals surface area contributed by atoms with E-state index in [1.807, 2.05) is 0 Å². The first kappa shape index (κ1) is 17.6. The van der Waals surface area contributed by atoms with E-state index in [1.165, 1.54) is 0 Å². The molecule has 130 valence electrons. The highest BCUT2D eigenvalue weighted by Crippen LogP contribution is 2.36. The van der Waals surface area contributed by atoms with Gasteiger partial charge >= 0.3 is 18.3 Å². The number of hydrogen-bond acceptors (Lipinski definition) is 4. The Labute approximate surface area is 129 Å². The molecule has 24 heavy (non-hydrogen) atoms. The Balaban J connectivity index is 2.48. The largest absolute Gasteiger partial charge is 0.476 e. The third kappa shape index (κ3) is 3.58. The van der Waals surface area contributed by atoms with Crippen molar-refractivity contribution < 1.29 is 36.2 Å². The van der Waals surface area contributed by atoms with E-state index >= 15 is 0 Å². The summed E-state index contributed by atoms with van der Waals surface area (Å²) >= 11 is 0. The van der Waals surface area contributed by atoms with Crippen LogP contribution < -0.4 is 5.73 Å². The zero-order chi connectivity index (χ0) is 18.3. The molecule has 0 bridgehead atoms. The van der Waals surface area contributed by atoms with E-state index in [-0.39, 0.29) is 6.07 Å². The number of carboxylic acid groups (broad SMARTS) is 1. The highest BCUT2D eigenvalue weighted by molar-refractivity contribution is 5.90. The lowest BCUT2D eigenvalue weighted by Crippen LogP contribution is -2.14. The summed E-state index contributed by atoms with van der Waals surface area (Å²) in [6, 6.07) is 0.977. The standard InChI is InChI=1S/C12H8F6N4O2/c13-11(14,15)6-1-5(2-7(3-6)12(16,17)18)4-22-9(19)8(10(23)24)20-21-22/h1-3H,4,19H2,(H,23,24). The van der Waals surface area contributed by atoms with E-state index < -0.39 is 53.1 Å². The van der Waals surface area contributed by atoms with Gasteiger partial charge in [0.1, 0.15) is 0 Å². The Hall–Kier alpha value is -2.79. The number of hydrogen-bond donors (Lipinski definition) is 2. The fraction of sp³-hybridized carbons (Fsp3) is 0.250. The van der Waals surface area contributed by atoms with Crippen molar-refractivity contribution in [3.63, 3.8) is 0 Å². The van der Waals surface area contributed by atoms with Gasteiger partial charge in [-0.05, 0) is 23.8 Å². The Morgan fingerprint density at radius 2 is 1.58 bits per heavy atom. The van der Waals surface area contributed by atoms with Crippen molar-refractivity contribution in [2.24, 2.45) is 0 Å². The van der Waals surface area contributed by atoms with Crippen molar-refractivity contribution in [3.05, 3.63) is 40.6 Å². The maximum Gasteiger partial charge on any atom is 0.416 e. The molecular formula is C12H8F6N4O2. The number of carboxylic acids is 1. The second-order valence-corrected chi connectivity index (χ2v) is 4.70. The monoisotopic (exact) mass is 354 g/mol. The Morgan fingerprint density at radius 3 is 1.96 bits per heavy atom. The van der Waals surface area contributed by atoms with Crippen LogP contribution in [-0.2, 0) is 18.9 Å². The zero-order valence-corrected chi connectivity index (χ0v) is 11.5. The summed E-state index contributed by atoms with van der Waals surface area (Å²) in [5.41, 5.74) is 1.35. The Kier molecular flexibility index (Phi) is 4.16. The number of rotatable bonds is 3. The first-order valence-corrected chi connectivity index (χ1v) is 6.10. The van der Waals surface area contributed by atoms with Crippen molar-refractivity contribution in [2.45, 2.75) is 18.9 Å². The van der Waals surface area contributed by atoms with E-state index in [9.17, 15) is 31.1 Å². The summed E-state index contributed by atoms with van der Waals surface area (Å²) in [5, 5.41) is 15.3. The molecule has 0 aliphatic heterocycles. The third-order valence-corrected chi connectivity index (χ3v) is 2.96. The van der Waals surface area contributed by atoms with Crippen LogP contribution in [0.1, 0.15) is 27.2 Å². The van der Waals surface area contributed by atoms with E-state index in [0.29, 0.717) is 16.8 Å². The van der Waals surface area contributed by atoms with Crippen LogP contribution in [0.5, 0.6) is 0 Å². The summed E-state index contributed by atoms with van der Waals surface area (Å²) in [6.45, 7) is -0.612. The smallest absolute Gasteiger partial charge is 0.416 e. The Bertz CT molecular complexity index is 749. The SMILES string of the molecule is Nc1c(C(=O)O)nnn1Cc1cc(C(F)(F)F)cc(C(F)(F)F)c1. The lowest BCUT2D eigenvalue weighted by molar-refractivity contribution is -0.143. The molecule has 12 heteroatoms. The second-order valence-electron chi connectivity index (χ2n) is 4.70. The van der Waals surface area contributed by atoms with Crippen LogP contribution in [0.25, 0.3) is 0 Å². The summed E-state index contributed by atoms with van der Waals surface area (Å²) in [7, 11) is 0. The second kappa shape index (κ2) is 5.69. The van der Waals surface area contributed by atoms with Gasteiger partial charge in [-0.15, -0.1) is 5.10 Å². The molecule has 0 amide bonds. The molecule has 0 spiro atoms. The van der Waals surface area contributed by atoms with Gasteiger partial charge in [-0.3, -0.25) is 0 Å². The lowest BCUT2D eigenvalue weighted by atomic mass is 10.0. The van der Waals surface area contributed by atoms with Gasteiger partial charge in [-0.2, -0.15) is 26.3 Å². The molecule has 0 atom stereocenters. The quantitative estimate of drug-likeness (QED) is 0.827. The molecule has 0 aliphatic rings. The molecule has 2 aromatic rings. The molecule has 0 aliphatic carbocycles. The number of nitrogens with two attached hydrogens (primary N) is 1. The maximum atomic E-state index is 12.8. The minimum atomic E-state index is -4.99. The molecule has 2 rings (SSSR count). The first-order valence-electron chi connectivity index (χ1n) is 6.10. The molecule has 0 fully saturated rings. The molecule has 0 saturated carbocycles. The number of carbonyl (C=O) groups is 1. The van der Waals surface area contributed by atoms with Gasteiger partial charge < -0.3 is 10.8 Å². The number of nitrogens with zero attached hydrogens (tertiary/aromatic N) is 3. The van der Waals surface area contributed by atoms with Crippen molar-refractivity contribution >= 4 is 11.8 Å². The maximum absolute atomic E-state index is 12.8. The van der Waals surface area contributed by atoms with Crippen LogP contribution >= 0.6 is 0 Å². The van der Waals surface area contributed by atoms with Crippen molar-refractivity contribution in [1.29, 1.82) is 0 Å². The van der Waals surface area contributed by atoms with Gasteiger partial charge in [-0.1, -0.05) is 5.21 Å². The molecule has 1 aromatic carbocycles. The number of halogens is 6. The summed E-state index contributed by atoms with van der Waals surface area (Å²) in [4.78, 5) is 10.8. The molecule has 6 nitrogen and oxygen atoms in total. The highest BCUT2D eigenvalue weighted by atomic mass is 19.4. The number of aromatic nitrogens is 3. The molecule has 0 unspecified atom stereocenters. The van der Waals surface area contributed by atoms with Crippen LogP contribution in [0.2, 0.25) is 0 Å². The van der Waals surface area contributed by atoms with Gasteiger partial charge in [-0.25, -0.2) is 9.48 Å². The number of aromatic carboxylic acids is 1. The predicted octanol–water partition coefficient (Wildman–Crippen LogP) is 2.64. The fourth-order valence-electron chi connectivity index (χ4n) is 1.87. The number of benzene rings is 1. The molecule has 0 saturated heterocycles. The van der Waals surface area contributed by atoms with Crippen LogP contribution in [0.4, 0.5) is 32.2 Å². The molecule has 1 aromatic heterocycles. The normalized spacial score (nSPS) is 12.4. The van der Waals surface area contributed by atoms with Crippen LogP contribution in [0, 0.1) is 0 Å². The summed E-state index contributed by atoms with van der Waals surface area (Å²) in [6.07, 6.45) is -9.98. The fourth-order valence-corrected chi connectivity index (χ4v) is 1.87. The van der Waals surface area contributed by atoms with E-state index in [1.54, 1.807) is 0 Å². The topological polar surface area (TPSA) is 94.0 Å². The lowest BCUT2D eigenvalue weighted by Gasteiger charge is -2.14. The number of nitrogen functional groups attached to an aromatic ring is 1. The molecular weight excluding hydrogens is 346 g/mol. The van der Waals surface area contributed by atoms with Crippen molar-refractivity contribution in [3.8, 4) is 0 Å². The minimum Gasteiger partial charge on any atom is -0.476 e. The predicted molar refractivity (Wildman–Crippen MR) is 66.9 cm³/mol. The Morgan fingerprint density at radius 1 is 1.08 bits per heavy atom.